The average molecular weight is 242 g/mol. The van der Waals surface area contributed by atoms with Crippen molar-refractivity contribution in [3.05, 3.63) is 28.2 Å². The predicted molar refractivity (Wildman–Crippen MR) is 56.1 cm³/mol. The molecule has 0 amide bonds. The maximum atomic E-state index is 5.60. The zero-order chi connectivity index (χ0) is 9.26. The number of benzene rings is 1. The van der Waals surface area contributed by atoms with Crippen molar-refractivity contribution in [1.29, 1.82) is 0 Å². The highest BCUT2D eigenvalue weighted by atomic mass is 79.9. The Morgan fingerprint density at radius 2 is 2.38 bits per heavy atom. The number of para-hydroxylation sites is 1. The highest BCUT2D eigenvalue weighted by Crippen LogP contribution is 2.37. The average Bonchev–Trinajstić information content (AvgIpc) is 2.18. The Morgan fingerprint density at radius 1 is 1.54 bits per heavy atom. The molecular formula is C10H12BrNO. The Morgan fingerprint density at radius 3 is 3.15 bits per heavy atom. The van der Waals surface area contributed by atoms with Crippen LogP contribution in [-0.2, 0) is 0 Å². The fourth-order valence-corrected chi connectivity index (χ4v) is 2.18. The lowest BCUT2D eigenvalue weighted by molar-refractivity contribution is 0.256. The number of halogens is 1. The molecule has 1 aromatic rings. The molecule has 0 aliphatic carbocycles. The van der Waals surface area contributed by atoms with E-state index in [-0.39, 0.29) is 0 Å². The molecular weight excluding hydrogens is 230 g/mol. The highest BCUT2D eigenvalue weighted by Gasteiger charge is 2.21. The van der Waals surface area contributed by atoms with Gasteiger partial charge in [0.15, 0.2) is 0 Å². The van der Waals surface area contributed by atoms with E-state index in [0.717, 1.165) is 23.2 Å². The van der Waals surface area contributed by atoms with Crippen LogP contribution in [0.3, 0.4) is 0 Å². The van der Waals surface area contributed by atoms with Gasteiger partial charge in [0.2, 0.25) is 0 Å². The lowest BCUT2D eigenvalue weighted by Crippen LogP contribution is -2.24. The van der Waals surface area contributed by atoms with Crippen molar-refractivity contribution in [2.24, 2.45) is 0 Å². The number of nitrogens with one attached hydrogen (secondary N) is 1. The molecule has 1 heterocycles. The van der Waals surface area contributed by atoms with Crippen molar-refractivity contribution < 1.29 is 4.74 Å². The maximum Gasteiger partial charge on any atom is 0.138 e. The van der Waals surface area contributed by atoms with E-state index in [9.17, 15) is 0 Å². The molecule has 0 aromatic heterocycles. The number of ether oxygens (including phenoxy) is 1. The molecule has 13 heavy (non-hydrogen) atoms. The van der Waals surface area contributed by atoms with Crippen molar-refractivity contribution in [2.45, 2.75) is 12.5 Å². The Labute approximate surface area is 86.4 Å². The van der Waals surface area contributed by atoms with E-state index < -0.39 is 0 Å². The summed E-state index contributed by atoms with van der Waals surface area (Å²) in [6, 6.07) is 6.60. The largest absolute Gasteiger partial charge is 0.492 e. The van der Waals surface area contributed by atoms with Gasteiger partial charge in [-0.15, -0.1) is 0 Å². The summed E-state index contributed by atoms with van der Waals surface area (Å²) in [5, 5.41) is 3.29. The van der Waals surface area contributed by atoms with Crippen LogP contribution in [0, 0.1) is 0 Å². The fraction of sp³-hybridized carbons (Fsp3) is 0.400. The first-order valence-corrected chi connectivity index (χ1v) is 5.20. The van der Waals surface area contributed by atoms with Gasteiger partial charge in [-0.2, -0.15) is 0 Å². The van der Waals surface area contributed by atoms with Crippen molar-refractivity contribution in [1.82, 2.24) is 5.32 Å². The third-order valence-electron chi connectivity index (χ3n) is 2.37. The Kier molecular flexibility index (Phi) is 2.56. The Hall–Kier alpha value is -0.540. The van der Waals surface area contributed by atoms with Crippen LogP contribution in [0.4, 0.5) is 0 Å². The monoisotopic (exact) mass is 241 g/mol. The molecule has 2 rings (SSSR count). The van der Waals surface area contributed by atoms with Crippen molar-refractivity contribution in [2.75, 3.05) is 13.7 Å². The predicted octanol–water partition coefficient (Wildman–Crippen LogP) is 2.49. The number of fused-ring (bicyclic) bond motifs is 1. The van der Waals surface area contributed by atoms with Crippen molar-refractivity contribution in [3.63, 3.8) is 0 Å². The topological polar surface area (TPSA) is 21.3 Å². The van der Waals surface area contributed by atoms with Crippen LogP contribution in [0.5, 0.6) is 5.75 Å². The molecule has 0 spiro atoms. The van der Waals surface area contributed by atoms with Crippen LogP contribution in [0.1, 0.15) is 18.0 Å². The lowest BCUT2D eigenvalue weighted by atomic mass is 10.0. The van der Waals surface area contributed by atoms with Gasteiger partial charge in [0, 0.05) is 18.0 Å². The first kappa shape index (κ1) is 9.03. The Balaban J connectivity index is 2.45. The van der Waals surface area contributed by atoms with Gasteiger partial charge in [-0.25, -0.2) is 0 Å². The SMILES string of the molecule is CNC1CCOc2c(Br)cccc21. The fourth-order valence-electron chi connectivity index (χ4n) is 1.69. The molecule has 1 unspecified atom stereocenters. The van der Waals surface area contributed by atoms with E-state index in [4.69, 9.17) is 4.74 Å². The molecule has 1 N–H and O–H groups in total. The van der Waals surface area contributed by atoms with Crippen LogP contribution >= 0.6 is 15.9 Å². The highest BCUT2D eigenvalue weighted by molar-refractivity contribution is 9.10. The molecule has 1 aliphatic heterocycles. The van der Waals surface area contributed by atoms with Gasteiger partial charge in [-0.3, -0.25) is 0 Å². The summed E-state index contributed by atoms with van der Waals surface area (Å²) in [4.78, 5) is 0. The first-order valence-electron chi connectivity index (χ1n) is 4.41. The molecule has 0 fully saturated rings. The summed E-state index contributed by atoms with van der Waals surface area (Å²) in [6.07, 6.45) is 1.04. The third kappa shape index (κ3) is 1.58. The van der Waals surface area contributed by atoms with Gasteiger partial charge in [0.05, 0.1) is 11.1 Å². The van der Waals surface area contributed by atoms with Crippen LogP contribution in [0.15, 0.2) is 22.7 Å². The molecule has 70 valence electrons. The van der Waals surface area contributed by atoms with Gasteiger partial charge in [-0.05, 0) is 29.0 Å². The normalized spacial score (nSPS) is 20.6. The summed E-state index contributed by atoms with van der Waals surface area (Å²) in [5.74, 6) is 0.994. The molecule has 1 aliphatic rings. The molecule has 0 saturated carbocycles. The molecule has 0 bridgehead atoms. The van der Waals surface area contributed by atoms with Gasteiger partial charge in [-0.1, -0.05) is 12.1 Å². The minimum absolute atomic E-state index is 0.432. The van der Waals surface area contributed by atoms with E-state index in [2.05, 4.69) is 27.3 Å². The molecule has 3 heteroatoms. The van der Waals surface area contributed by atoms with E-state index >= 15 is 0 Å². The summed E-state index contributed by atoms with van der Waals surface area (Å²) in [5.41, 5.74) is 1.25. The summed E-state index contributed by atoms with van der Waals surface area (Å²) in [7, 11) is 1.99. The van der Waals surface area contributed by atoms with Crippen LogP contribution < -0.4 is 10.1 Å². The molecule has 0 saturated heterocycles. The van der Waals surface area contributed by atoms with Gasteiger partial charge >= 0.3 is 0 Å². The van der Waals surface area contributed by atoms with Crippen LogP contribution in [0.25, 0.3) is 0 Å². The minimum Gasteiger partial charge on any atom is -0.492 e. The quantitative estimate of drug-likeness (QED) is 0.816. The zero-order valence-corrected chi connectivity index (χ0v) is 9.10. The number of hydrogen-bond donors (Lipinski definition) is 1. The molecule has 0 radical (unpaired) electrons. The Bertz CT molecular complexity index is 314. The van der Waals surface area contributed by atoms with E-state index in [0.29, 0.717) is 6.04 Å². The zero-order valence-electron chi connectivity index (χ0n) is 7.51. The standard InChI is InChI=1S/C10H12BrNO/c1-12-9-5-6-13-10-7(9)3-2-4-8(10)11/h2-4,9,12H,5-6H2,1H3. The second-order valence-corrected chi connectivity index (χ2v) is 3.99. The number of hydrogen-bond acceptors (Lipinski definition) is 2. The summed E-state index contributed by atoms with van der Waals surface area (Å²) >= 11 is 3.49. The number of rotatable bonds is 1. The maximum absolute atomic E-state index is 5.60. The summed E-state index contributed by atoms with van der Waals surface area (Å²) < 4.78 is 6.65. The molecule has 1 aromatic carbocycles. The minimum atomic E-state index is 0.432. The van der Waals surface area contributed by atoms with Gasteiger partial charge in [0.25, 0.3) is 0 Å². The summed E-state index contributed by atoms with van der Waals surface area (Å²) in [6.45, 7) is 0.793. The second kappa shape index (κ2) is 3.68. The first-order chi connectivity index (χ1) is 6.33. The van der Waals surface area contributed by atoms with Gasteiger partial charge < -0.3 is 10.1 Å². The van der Waals surface area contributed by atoms with Crippen LogP contribution in [0.2, 0.25) is 0 Å². The second-order valence-electron chi connectivity index (χ2n) is 3.14. The smallest absolute Gasteiger partial charge is 0.138 e. The van der Waals surface area contributed by atoms with Crippen molar-refractivity contribution in [3.8, 4) is 5.75 Å². The van der Waals surface area contributed by atoms with Crippen molar-refractivity contribution >= 4 is 15.9 Å². The van der Waals surface area contributed by atoms with Crippen LogP contribution in [-0.4, -0.2) is 13.7 Å². The lowest BCUT2D eigenvalue weighted by Gasteiger charge is -2.26. The molecule has 1 atom stereocenters. The molecule has 2 nitrogen and oxygen atoms in total. The van der Waals surface area contributed by atoms with E-state index in [1.807, 2.05) is 19.2 Å². The van der Waals surface area contributed by atoms with Gasteiger partial charge in [0.1, 0.15) is 5.75 Å². The van der Waals surface area contributed by atoms with E-state index in [1.54, 1.807) is 0 Å². The third-order valence-corrected chi connectivity index (χ3v) is 3.00. The van der Waals surface area contributed by atoms with E-state index in [1.165, 1.54) is 5.56 Å².